The lowest BCUT2D eigenvalue weighted by atomic mass is 10.0. The fraction of sp³-hybridized carbons (Fsp3) is 0.353. The Morgan fingerprint density at radius 2 is 2.27 bits per heavy atom. The summed E-state index contributed by atoms with van der Waals surface area (Å²) in [6.45, 7) is 2.48. The van der Waals surface area contributed by atoms with E-state index >= 15 is 0 Å². The van der Waals surface area contributed by atoms with Crippen LogP contribution in [0.25, 0.3) is 11.3 Å². The molecular weight excluding hydrogens is 406 g/mol. The third-order valence-corrected chi connectivity index (χ3v) is 4.41. The Hall–Kier alpha value is -2.55. The van der Waals surface area contributed by atoms with Crippen molar-refractivity contribution >= 4 is 34.0 Å². The summed E-state index contributed by atoms with van der Waals surface area (Å²) < 4.78 is 11.6. The maximum Gasteiger partial charge on any atom is 0.405 e. The van der Waals surface area contributed by atoms with Gasteiger partial charge in [-0.3, -0.25) is 0 Å². The van der Waals surface area contributed by atoms with E-state index in [1.807, 2.05) is 19.1 Å². The number of hydrogen-bond acceptors (Lipinski definition) is 6. The number of aromatic nitrogens is 1. The van der Waals surface area contributed by atoms with E-state index in [0.717, 1.165) is 15.7 Å². The van der Waals surface area contributed by atoms with Gasteiger partial charge in [0, 0.05) is 17.1 Å². The molecule has 140 valence electrons. The average Bonchev–Trinajstić information content (AvgIpc) is 3.13. The molecule has 0 spiro atoms. The predicted octanol–water partition coefficient (Wildman–Crippen LogP) is 3.39. The summed E-state index contributed by atoms with van der Waals surface area (Å²) in [5, 5.41) is 14.2. The number of benzene rings is 1. The standard InChI is InChI=1S/C17H20BrN3O5/c1-10(3-11(8-22)21-17(23)24)6-20-14-5-15(25-2)12(4-13(14)18)16-7-19-9-26-16/h4-5,7-11,20-21H,3,6H2,1-2H3,(H,23,24). The largest absolute Gasteiger partial charge is 0.496 e. The van der Waals surface area contributed by atoms with Crippen molar-refractivity contribution in [2.75, 3.05) is 19.0 Å². The number of halogens is 1. The molecule has 8 nitrogen and oxygen atoms in total. The van der Waals surface area contributed by atoms with E-state index in [2.05, 4.69) is 31.5 Å². The number of amides is 1. The summed E-state index contributed by atoms with van der Waals surface area (Å²) in [6.07, 6.45) is 2.75. The second-order valence-corrected chi connectivity index (χ2v) is 6.67. The van der Waals surface area contributed by atoms with Gasteiger partial charge in [-0.15, -0.1) is 0 Å². The molecule has 0 saturated heterocycles. The van der Waals surface area contributed by atoms with Gasteiger partial charge in [-0.1, -0.05) is 6.92 Å². The van der Waals surface area contributed by atoms with Gasteiger partial charge in [0.1, 0.15) is 12.0 Å². The lowest BCUT2D eigenvalue weighted by Crippen LogP contribution is -2.36. The highest BCUT2D eigenvalue weighted by Crippen LogP contribution is 2.37. The van der Waals surface area contributed by atoms with E-state index in [9.17, 15) is 9.59 Å². The van der Waals surface area contributed by atoms with Crippen molar-refractivity contribution in [2.24, 2.45) is 5.92 Å². The van der Waals surface area contributed by atoms with Crippen molar-refractivity contribution in [2.45, 2.75) is 19.4 Å². The van der Waals surface area contributed by atoms with Crippen LogP contribution in [-0.2, 0) is 4.79 Å². The molecule has 1 aromatic heterocycles. The number of hydrogen-bond donors (Lipinski definition) is 3. The topological polar surface area (TPSA) is 114 Å². The van der Waals surface area contributed by atoms with Crippen LogP contribution in [0.2, 0.25) is 0 Å². The Labute approximate surface area is 159 Å². The molecule has 0 radical (unpaired) electrons. The van der Waals surface area contributed by atoms with Gasteiger partial charge in [-0.25, -0.2) is 9.78 Å². The van der Waals surface area contributed by atoms with E-state index < -0.39 is 12.1 Å². The van der Waals surface area contributed by atoms with Gasteiger partial charge >= 0.3 is 6.09 Å². The molecule has 2 aromatic rings. The number of methoxy groups -OCH3 is 1. The number of carboxylic acid groups (broad SMARTS) is 1. The molecule has 0 aliphatic heterocycles. The van der Waals surface area contributed by atoms with Gasteiger partial charge in [-0.2, -0.15) is 0 Å². The molecule has 0 fully saturated rings. The predicted molar refractivity (Wildman–Crippen MR) is 99.5 cm³/mol. The first-order valence-electron chi connectivity index (χ1n) is 7.89. The zero-order valence-electron chi connectivity index (χ0n) is 14.4. The van der Waals surface area contributed by atoms with Gasteiger partial charge < -0.3 is 29.7 Å². The van der Waals surface area contributed by atoms with Gasteiger partial charge in [-0.05, 0) is 34.3 Å². The number of carbonyl (C=O) groups excluding carboxylic acids is 1. The first kappa shape index (κ1) is 19.8. The molecule has 0 aliphatic rings. The zero-order valence-corrected chi connectivity index (χ0v) is 15.9. The smallest absolute Gasteiger partial charge is 0.405 e. The SMILES string of the molecule is COc1cc(NCC(C)CC(C=O)NC(=O)O)c(Br)cc1-c1cnco1. The van der Waals surface area contributed by atoms with Crippen LogP contribution >= 0.6 is 15.9 Å². The van der Waals surface area contributed by atoms with Crippen molar-refractivity contribution in [3.05, 3.63) is 29.2 Å². The molecule has 1 heterocycles. The van der Waals surface area contributed by atoms with E-state index in [0.29, 0.717) is 30.8 Å². The van der Waals surface area contributed by atoms with Crippen LogP contribution in [0.3, 0.4) is 0 Å². The van der Waals surface area contributed by atoms with Gasteiger partial charge in [0.05, 0.1) is 30.6 Å². The summed E-state index contributed by atoms with van der Waals surface area (Å²) in [4.78, 5) is 25.5. The van der Waals surface area contributed by atoms with Crippen molar-refractivity contribution in [3.8, 4) is 17.1 Å². The number of ether oxygens (including phenoxy) is 1. The van der Waals surface area contributed by atoms with Gasteiger partial charge in [0.2, 0.25) is 0 Å². The summed E-state index contributed by atoms with van der Waals surface area (Å²) in [5.41, 5.74) is 1.58. The number of carbonyl (C=O) groups is 2. The monoisotopic (exact) mass is 425 g/mol. The Morgan fingerprint density at radius 3 is 2.85 bits per heavy atom. The molecule has 26 heavy (non-hydrogen) atoms. The molecular formula is C17H20BrN3O5. The number of nitrogens with one attached hydrogen (secondary N) is 2. The molecule has 2 unspecified atom stereocenters. The maximum atomic E-state index is 11.0. The summed E-state index contributed by atoms with van der Waals surface area (Å²) in [5.74, 6) is 1.28. The Kier molecular flexibility index (Phi) is 7.02. The molecule has 3 N–H and O–H groups in total. The third kappa shape index (κ3) is 5.22. The lowest BCUT2D eigenvalue weighted by Gasteiger charge is -2.19. The van der Waals surface area contributed by atoms with Crippen LogP contribution in [0.5, 0.6) is 5.75 Å². The lowest BCUT2D eigenvalue weighted by molar-refractivity contribution is -0.109. The second kappa shape index (κ2) is 9.23. The van der Waals surface area contributed by atoms with Crippen LogP contribution in [0.1, 0.15) is 13.3 Å². The number of rotatable bonds is 9. The first-order valence-corrected chi connectivity index (χ1v) is 8.69. The van der Waals surface area contributed by atoms with Crippen molar-refractivity contribution in [3.63, 3.8) is 0 Å². The summed E-state index contributed by atoms with van der Waals surface area (Å²) in [6, 6.07) is 2.98. The highest BCUT2D eigenvalue weighted by atomic mass is 79.9. The minimum atomic E-state index is -1.21. The zero-order chi connectivity index (χ0) is 19.1. The highest BCUT2D eigenvalue weighted by molar-refractivity contribution is 9.10. The number of anilines is 1. The molecule has 1 aromatic carbocycles. The molecule has 1 amide bonds. The van der Waals surface area contributed by atoms with Crippen LogP contribution < -0.4 is 15.4 Å². The summed E-state index contributed by atoms with van der Waals surface area (Å²) in [7, 11) is 1.57. The minimum Gasteiger partial charge on any atom is -0.496 e. The Bertz CT molecular complexity index is 751. The van der Waals surface area contributed by atoms with Crippen molar-refractivity contribution < 1.29 is 23.8 Å². The van der Waals surface area contributed by atoms with E-state index in [-0.39, 0.29) is 5.92 Å². The fourth-order valence-corrected chi connectivity index (χ4v) is 2.99. The average molecular weight is 426 g/mol. The van der Waals surface area contributed by atoms with Gasteiger partial charge in [0.15, 0.2) is 12.2 Å². The van der Waals surface area contributed by atoms with E-state index in [1.165, 1.54) is 6.39 Å². The van der Waals surface area contributed by atoms with Crippen LogP contribution in [-0.4, -0.2) is 42.2 Å². The number of oxazole rings is 1. The van der Waals surface area contributed by atoms with Crippen LogP contribution in [0.15, 0.2) is 33.6 Å². The molecule has 0 aliphatic carbocycles. The Morgan fingerprint density at radius 1 is 1.50 bits per heavy atom. The van der Waals surface area contributed by atoms with Crippen LogP contribution in [0.4, 0.5) is 10.5 Å². The normalized spacial score (nSPS) is 12.9. The van der Waals surface area contributed by atoms with E-state index in [1.54, 1.807) is 13.3 Å². The van der Waals surface area contributed by atoms with Gasteiger partial charge in [0.25, 0.3) is 0 Å². The molecule has 2 atom stereocenters. The van der Waals surface area contributed by atoms with Crippen LogP contribution in [0, 0.1) is 5.92 Å². The second-order valence-electron chi connectivity index (χ2n) is 5.81. The number of nitrogens with zero attached hydrogens (tertiary/aromatic N) is 1. The quantitative estimate of drug-likeness (QED) is 0.527. The number of aldehydes is 1. The molecule has 0 bridgehead atoms. The molecule has 9 heteroatoms. The van der Waals surface area contributed by atoms with Crippen molar-refractivity contribution in [1.82, 2.24) is 10.3 Å². The maximum absolute atomic E-state index is 11.0. The fourth-order valence-electron chi connectivity index (χ4n) is 2.51. The first-order chi connectivity index (χ1) is 12.4. The molecule has 2 rings (SSSR count). The molecule has 0 saturated carbocycles. The van der Waals surface area contributed by atoms with Crippen molar-refractivity contribution in [1.29, 1.82) is 0 Å². The van der Waals surface area contributed by atoms with E-state index in [4.69, 9.17) is 14.3 Å². The highest BCUT2D eigenvalue weighted by Gasteiger charge is 2.16. The third-order valence-electron chi connectivity index (χ3n) is 3.76. The Balaban J connectivity index is 2.05. The summed E-state index contributed by atoms with van der Waals surface area (Å²) >= 11 is 3.52. The minimum absolute atomic E-state index is 0.0592.